The first-order valence-electron chi connectivity index (χ1n) is 6.59. The van der Waals surface area contributed by atoms with Crippen molar-refractivity contribution in [1.82, 2.24) is 10.2 Å². The summed E-state index contributed by atoms with van der Waals surface area (Å²) in [6, 6.07) is 0. The van der Waals surface area contributed by atoms with Crippen molar-refractivity contribution in [2.45, 2.75) is 43.9 Å². The maximum atomic E-state index is 11.8. The fourth-order valence-electron chi connectivity index (χ4n) is 2.27. The smallest absolute Gasteiger partial charge is 0.234 e. The Labute approximate surface area is 115 Å². The predicted octanol–water partition coefficient (Wildman–Crippen LogP) is 1.06. The molecule has 0 aromatic carbocycles. The van der Waals surface area contributed by atoms with Crippen LogP contribution in [0.5, 0.6) is 0 Å². The van der Waals surface area contributed by atoms with E-state index in [0.717, 1.165) is 32.5 Å². The Morgan fingerprint density at radius 3 is 2.33 bits per heavy atom. The van der Waals surface area contributed by atoms with Crippen LogP contribution < -0.4 is 11.1 Å². The molecule has 0 aromatic rings. The summed E-state index contributed by atoms with van der Waals surface area (Å²) in [7, 11) is 0. The van der Waals surface area contributed by atoms with Gasteiger partial charge < -0.3 is 11.1 Å². The third-order valence-electron chi connectivity index (χ3n) is 3.45. The van der Waals surface area contributed by atoms with Crippen molar-refractivity contribution in [1.29, 1.82) is 0 Å². The van der Waals surface area contributed by atoms with Gasteiger partial charge in [0.1, 0.15) is 0 Å². The van der Waals surface area contributed by atoms with Crippen LogP contribution in [0.4, 0.5) is 0 Å². The van der Waals surface area contributed by atoms with Crippen LogP contribution >= 0.6 is 11.8 Å². The molecule has 0 bridgehead atoms. The van der Waals surface area contributed by atoms with Crippen molar-refractivity contribution >= 4 is 17.7 Å². The second-order valence-corrected chi connectivity index (χ2v) is 7.44. The number of carbonyl (C=O) groups is 1. The first-order chi connectivity index (χ1) is 8.30. The molecule has 0 saturated carbocycles. The first kappa shape index (κ1) is 15.8. The van der Waals surface area contributed by atoms with Gasteiger partial charge in [-0.1, -0.05) is 0 Å². The van der Waals surface area contributed by atoms with Crippen molar-refractivity contribution in [3.05, 3.63) is 0 Å². The molecular weight excluding hydrogens is 246 g/mol. The molecule has 1 heterocycles. The minimum Gasteiger partial charge on any atom is -0.350 e. The number of thioether (sulfide) groups is 1. The molecule has 1 aliphatic rings. The lowest BCUT2D eigenvalue weighted by Crippen LogP contribution is -2.51. The molecule has 0 spiro atoms. The molecule has 1 aliphatic heterocycles. The van der Waals surface area contributed by atoms with E-state index in [1.165, 1.54) is 0 Å². The summed E-state index contributed by atoms with van der Waals surface area (Å²) < 4.78 is 0.233. The van der Waals surface area contributed by atoms with Gasteiger partial charge in [0.15, 0.2) is 0 Å². The van der Waals surface area contributed by atoms with Crippen molar-refractivity contribution in [3.63, 3.8) is 0 Å². The van der Waals surface area contributed by atoms with Crippen LogP contribution in [0, 0.1) is 0 Å². The van der Waals surface area contributed by atoms with E-state index in [4.69, 9.17) is 5.73 Å². The number of likely N-dealkylation sites (tertiary alicyclic amines) is 1. The van der Waals surface area contributed by atoms with Gasteiger partial charge in [-0.25, -0.2) is 0 Å². The van der Waals surface area contributed by atoms with Gasteiger partial charge in [-0.3, -0.25) is 9.69 Å². The molecule has 106 valence electrons. The summed E-state index contributed by atoms with van der Waals surface area (Å²) in [5.74, 6) is 0.118. The number of nitrogens with two attached hydrogens (primary N) is 1. The molecule has 3 N–H and O–H groups in total. The summed E-state index contributed by atoms with van der Waals surface area (Å²) in [6.07, 6.45) is 4.29. The molecule has 18 heavy (non-hydrogen) atoms. The molecule has 1 amide bonds. The normalized spacial score (nSPS) is 20.7. The van der Waals surface area contributed by atoms with E-state index in [1.54, 1.807) is 0 Å². The van der Waals surface area contributed by atoms with E-state index in [-0.39, 0.29) is 16.2 Å². The number of rotatable bonds is 4. The fourth-order valence-corrected chi connectivity index (χ4v) is 3.03. The highest BCUT2D eigenvalue weighted by atomic mass is 32.2. The van der Waals surface area contributed by atoms with Gasteiger partial charge in [-0.05, 0) is 39.9 Å². The van der Waals surface area contributed by atoms with Gasteiger partial charge in [-0.2, -0.15) is 11.8 Å². The average Bonchev–Trinajstić information content (AvgIpc) is 2.28. The van der Waals surface area contributed by atoms with Gasteiger partial charge in [0.2, 0.25) is 5.91 Å². The van der Waals surface area contributed by atoms with Gasteiger partial charge >= 0.3 is 0 Å². The summed E-state index contributed by atoms with van der Waals surface area (Å²) in [4.78, 5) is 14.1. The fraction of sp³-hybridized carbons (Fsp3) is 0.923. The standard InChI is InChI=1S/C13H27N3OS/c1-12(2,3)15-11(17)9-16-7-5-13(10-14,18-4)6-8-16/h5-10,14H2,1-4H3,(H,15,17). The third-order valence-corrected chi connectivity index (χ3v) is 4.89. The van der Waals surface area contributed by atoms with Gasteiger partial charge in [0, 0.05) is 29.9 Å². The van der Waals surface area contributed by atoms with Crippen LogP contribution in [-0.2, 0) is 4.79 Å². The minimum atomic E-state index is -0.146. The van der Waals surface area contributed by atoms with Gasteiger partial charge in [0.05, 0.1) is 6.54 Å². The van der Waals surface area contributed by atoms with Crippen LogP contribution in [0.1, 0.15) is 33.6 Å². The second kappa shape index (κ2) is 6.26. The molecule has 5 heteroatoms. The number of piperidine rings is 1. The number of nitrogens with one attached hydrogen (secondary N) is 1. The van der Waals surface area contributed by atoms with Gasteiger partial charge in [-0.15, -0.1) is 0 Å². The monoisotopic (exact) mass is 273 g/mol. The van der Waals surface area contributed by atoms with E-state index >= 15 is 0 Å². The molecule has 0 aliphatic carbocycles. The maximum absolute atomic E-state index is 11.8. The Bertz CT molecular complexity index is 274. The Kier molecular flexibility index (Phi) is 5.49. The van der Waals surface area contributed by atoms with Gasteiger partial charge in [0.25, 0.3) is 0 Å². The topological polar surface area (TPSA) is 58.4 Å². The second-order valence-electron chi connectivity index (χ2n) is 6.17. The molecule has 1 fully saturated rings. The largest absolute Gasteiger partial charge is 0.350 e. The van der Waals surface area contributed by atoms with E-state index in [1.807, 2.05) is 32.5 Å². The van der Waals surface area contributed by atoms with E-state index in [9.17, 15) is 4.79 Å². The Morgan fingerprint density at radius 1 is 1.39 bits per heavy atom. The van der Waals surface area contributed by atoms with Crippen molar-refractivity contribution in [2.24, 2.45) is 5.73 Å². The zero-order valence-electron chi connectivity index (χ0n) is 12.1. The Morgan fingerprint density at radius 2 is 1.94 bits per heavy atom. The van der Waals surface area contributed by atoms with Crippen LogP contribution in [0.15, 0.2) is 0 Å². The lowest BCUT2D eigenvalue weighted by atomic mass is 9.96. The lowest BCUT2D eigenvalue weighted by Gasteiger charge is -2.40. The molecule has 0 atom stereocenters. The Hall–Kier alpha value is -0.260. The molecule has 0 aromatic heterocycles. The Balaban J connectivity index is 2.38. The number of hydrogen-bond donors (Lipinski definition) is 2. The zero-order valence-corrected chi connectivity index (χ0v) is 12.9. The van der Waals surface area contributed by atoms with E-state index in [0.29, 0.717) is 6.54 Å². The average molecular weight is 273 g/mol. The predicted molar refractivity (Wildman–Crippen MR) is 78.9 cm³/mol. The molecule has 1 rings (SSSR count). The van der Waals surface area contributed by atoms with Crippen molar-refractivity contribution < 1.29 is 4.79 Å². The van der Waals surface area contributed by atoms with Crippen molar-refractivity contribution in [3.8, 4) is 0 Å². The van der Waals surface area contributed by atoms with Crippen molar-refractivity contribution in [2.75, 3.05) is 32.4 Å². The van der Waals surface area contributed by atoms with Crippen LogP contribution in [-0.4, -0.2) is 53.5 Å². The number of amides is 1. The highest BCUT2D eigenvalue weighted by molar-refractivity contribution is 8.00. The number of hydrogen-bond acceptors (Lipinski definition) is 4. The summed E-state index contributed by atoms with van der Waals surface area (Å²) in [5.41, 5.74) is 5.71. The SMILES string of the molecule is CSC1(CN)CCN(CC(=O)NC(C)(C)C)CC1. The highest BCUT2D eigenvalue weighted by Crippen LogP contribution is 2.33. The summed E-state index contributed by atoms with van der Waals surface area (Å²) in [5, 5.41) is 3.00. The lowest BCUT2D eigenvalue weighted by molar-refractivity contribution is -0.123. The van der Waals surface area contributed by atoms with E-state index < -0.39 is 0 Å². The van der Waals surface area contributed by atoms with Crippen LogP contribution in [0.2, 0.25) is 0 Å². The molecule has 4 nitrogen and oxygen atoms in total. The number of carbonyl (C=O) groups excluding carboxylic acids is 1. The molecular formula is C13H27N3OS. The third kappa shape index (κ3) is 4.78. The number of nitrogens with zero attached hydrogens (tertiary/aromatic N) is 1. The summed E-state index contributed by atoms with van der Waals surface area (Å²) >= 11 is 1.87. The quantitative estimate of drug-likeness (QED) is 0.804. The van der Waals surface area contributed by atoms with Crippen LogP contribution in [0.25, 0.3) is 0 Å². The minimum absolute atomic E-state index is 0.118. The molecule has 0 unspecified atom stereocenters. The highest BCUT2D eigenvalue weighted by Gasteiger charge is 2.33. The zero-order chi connectivity index (χ0) is 13.8. The van der Waals surface area contributed by atoms with Crippen LogP contribution in [0.3, 0.4) is 0 Å². The maximum Gasteiger partial charge on any atom is 0.234 e. The van der Waals surface area contributed by atoms with E-state index in [2.05, 4.69) is 16.5 Å². The molecule has 1 saturated heterocycles. The first-order valence-corrected chi connectivity index (χ1v) is 7.81. The molecule has 0 radical (unpaired) electrons. The summed E-state index contributed by atoms with van der Waals surface area (Å²) in [6.45, 7) is 9.20.